The van der Waals surface area contributed by atoms with Gasteiger partial charge in [-0.2, -0.15) is 0 Å². The first-order valence-electron chi connectivity index (χ1n) is 14.9. The molecule has 10 atom stereocenters. The molecule has 10 unspecified atom stereocenters. The van der Waals surface area contributed by atoms with Gasteiger partial charge in [-0.1, -0.05) is 64.8 Å². The first-order valence-corrected chi connectivity index (χ1v) is 14.9. The maximum Gasteiger partial charge on any atom is 0.311 e. The Balaban J connectivity index is 2.17. The molecule has 2 rings (SSSR count). The van der Waals surface area contributed by atoms with Gasteiger partial charge in [-0.25, -0.2) is 0 Å². The van der Waals surface area contributed by atoms with Crippen molar-refractivity contribution in [2.24, 2.45) is 29.6 Å². The summed E-state index contributed by atoms with van der Waals surface area (Å²) in [5.74, 6) is -4.83. The standard InChI is InChI=1S/C32H52O8/c1-10-24-30(37)31(9)16-18(3)12-13-26(39-27(34)17-32(24,38)40-31)23(8)29(36)21(6)15-19(4)14-20(5)28(35)22(7)25(33)11-2/h12,14,20-24,26,28-29,35-36,38H,10-11,13,15-17H2,1-9H3. The number of aliphatic hydroxyl groups is 3. The van der Waals surface area contributed by atoms with Crippen LogP contribution in [0.1, 0.15) is 101 Å². The smallest absolute Gasteiger partial charge is 0.311 e. The molecule has 0 aliphatic carbocycles. The van der Waals surface area contributed by atoms with E-state index in [1.54, 1.807) is 27.7 Å². The normalized spacial score (nSPS) is 32.7. The highest BCUT2D eigenvalue weighted by Crippen LogP contribution is 2.45. The molecular formula is C32H52O8. The molecule has 0 amide bonds. The molecule has 3 N–H and O–H groups in total. The highest BCUT2D eigenvalue weighted by molar-refractivity contribution is 5.93. The van der Waals surface area contributed by atoms with Crippen LogP contribution in [0.5, 0.6) is 0 Å². The van der Waals surface area contributed by atoms with Crippen molar-refractivity contribution in [2.75, 3.05) is 0 Å². The summed E-state index contributed by atoms with van der Waals surface area (Å²) in [4.78, 5) is 38.1. The molecule has 1 saturated heterocycles. The Hall–Kier alpha value is -1.87. The fraction of sp³-hybridized carbons (Fsp3) is 0.781. The van der Waals surface area contributed by atoms with Gasteiger partial charge in [0.1, 0.15) is 23.9 Å². The van der Waals surface area contributed by atoms with Gasteiger partial charge >= 0.3 is 5.97 Å². The number of fused-ring (bicyclic) bond motifs is 2. The molecule has 1 fully saturated rings. The predicted molar refractivity (Wildman–Crippen MR) is 153 cm³/mol. The lowest BCUT2D eigenvalue weighted by Crippen LogP contribution is -2.42. The minimum atomic E-state index is -1.93. The number of ketones is 2. The average molecular weight is 565 g/mol. The van der Waals surface area contributed by atoms with Crippen molar-refractivity contribution in [1.82, 2.24) is 0 Å². The lowest BCUT2D eigenvalue weighted by molar-refractivity contribution is -0.241. The van der Waals surface area contributed by atoms with Gasteiger partial charge in [-0.05, 0) is 39.5 Å². The van der Waals surface area contributed by atoms with Gasteiger partial charge in [0.25, 0.3) is 0 Å². The van der Waals surface area contributed by atoms with E-state index in [-0.39, 0.29) is 23.4 Å². The second kappa shape index (κ2) is 13.9. The van der Waals surface area contributed by atoms with Crippen LogP contribution < -0.4 is 0 Å². The van der Waals surface area contributed by atoms with E-state index in [0.717, 1.165) is 11.1 Å². The van der Waals surface area contributed by atoms with E-state index in [0.29, 0.717) is 32.1 Å². The second-order valence-electron chi connectivity index (χ2n) is 12.7. The number of allylic oxidation sites excluding steroid dienone is 1. The van der Waals surface area contributed by atoms with Gasteiger partial charge in [0.15, 0.2) is 11.6 Å². The van der Waals surface area contributed by atoms with Gasteiger partial charge in [0, 0.05) is 37.0 Å². The summed E-state index contributed by atoms with van der Waals surface area (Å²) in [7, 11) is 0. The molecule has 0 aromatic rings. The zero-order valence-electron chi connectivity index (χ0n) is 25.9. The monoisotopic (exact) mass is 564 g/mol. The zero-order valence-corrected chi connectivity index (χ0v) is 25.9. The van der Waals surface area contributed by atoms with Crippen LogP contribution in [-0.4, -0.2) is 62.6 Å². The minimum Gasteiger partial charge on any atom is -0.461 e. The lowest BCUT2D eigenvalue weighted by atomic mass is 9.82. The van der Waals surface area contributed by atoms with E-state index in [1.807, 2.05) is 46.8 Å². The Morgan fingerprint density at radius 1 is 1.12 bits per heavy atom. The van der Waals surface area contributed by atoms with E-state index < -0.39 is 59.8 Å². The topological polar surface area (TPSA) is 130 Å². The molecule has 8 nitrogen and oxygen atoms in total. The summed E-state index contributed by atoms with van der Waals surface area (Å²) in [5.41, 5.74) is 0.664. The van der Waals surface area contributed by atoms with Gasteiger partial charge < -0.3 is 24.8 Å². The number of aliphatic hydroxyl groups excluding tert-OH is 2. The maximum atomic E-state index is 13.1. The fourth-order valence-electron chi connectivity index (χ4n) is 6.53. The van der Waals surface area contributed by atoms with Crippen LogP contribution in [-0.2, 0) is 23.9 Å². The van der Waals surface area contributed by atoms with Crippen LogP contribution in [0.25, 0.3) is 0 Å². The molecule has 0 aromatic carbocycles. The molecule has 2 bridgehead atoms. The number of carbonyl (C=O) groups is 3. The molecule has 0 radical (unpaired) electrons. The Morgan fingerprint density at radius 3 is 2.33 bits per heavy atom. The van der Waals surface area contributed by atoms with Crippen LogP contribution in [0.4, 0.5) is 0 Å². The Bertz CT molecular complexity index is 985. The second-order valence-corrected chi connectivity index (χ2v) is 12.7. The third-order valence-electron chi connectivity index (χ3n) is 8.99. The number of carbonyl (C=O) groups excluding carboxylic acids is 3. The van der Waals surface area contributed by atoms with Gasteiger partial charge in [-0.15, -0.1) is 0 Å². The van der Waals surface area contributed by atoms with E-state index in [1.165, 1.54) is 0 Å². The summed E-state index contributed by atoms with van der Waals surface area (Å²) >= 11 is 0. The number of hydrogen-bond donors (Lipinski definition) is 3. The number of cyclic esters (lactones) is 1. The molecule has 2 aliphatic heterocycles. The van der Waals surface area contributed by atoms with Crippen molar-refractivity contribution in [3.63, 3.8) is 0 Å². The summed E-state index contributed by atoms with van der Waals surface area (Å²) in [6.07, 6.45) is 3.19. The third kappa shape index (κ3) is 7.90. The molecule has 0 aromatic heterocycles. The molecule has 2 heterocycles. The number of rotatable bonds is 11. The largest absolute Gasteiger partial charge is 0.461 e. The lowest BCUT2D eigenvalue weighted by Gasteiger charge is -2.32. The summed E-state index contributed by atoms with van der Waals surface area (Å²) in [6.45, 7) is 16.5. The Kier molecular flexibility index (Phi) is 11.9. The Morgan fingerprint density at radius 2 is 1.75 bits per heavy atom. The highest BCUT2D eigenvalue weighted by atomic mass is 16.7. The number of hydrogen-bond acceptors (Lipinski definition) is 8. The van der Waals surface area contributed by atoms with E-state index in [9.17, 15) is 29.7 Å². The van der Waals surface area contributed by atoms with Crippen molar-refractivity contribution < 1.29 is 39.2 Å². The molecular weight excluding hydrogens is 512 g/mol. The molecule has 0 saturated carbocycles. The Labute approximate surface area is 240 Å². The third-order valence-corrected chi connectivity index (χ3v) is 8.99. The summed E-state index contributed by atoms with van der Waals surface area (Å²) in [5, 5.41) is 33.1. The SMILES string of the molecule is CCC(=O)C(C)C(O)C(C)C=C(C)CC(C)C(O)C(C)C1CC=C(C)CC2(C)OC(O)(CC(=O)O1)C(CC)C2=O. The van der Waals surface area contributed by atoms with E-state index >= 15 is 0 Å². The van der Waals surface area contributed by atoms with Crippen LogP contribution in [0.15, 0.2) is 23.3 Å². The number of ether oxygens (including phenoxy) is 2. The first kappa shape index (κ1) is 34.3. The van der Waals surface area contributed by atoms with Gasteiger partial charge in [0.2, 0.25) is 0 Å². The molecule has 8 heteroatoms. The number of Topliss-reactive ketones (excluding diaryl/α,β-unsaturated/α-hetero) is 2. The van der Waals surface area contributed by atoms with Crippen LogP contribution >= 0.6 is 0 Å². The quantitative estimate of drug-likeness (QED) is 0.244. The minimum absolute atomic E-state index is 0.0284. The van der Waals surface area contributed by atoms with Crippen molar-refractivity contribution in [3.05, 3.63) is 23.3 Å². The van der Waals surface area contributed by atoms with E-state index in [2.05, 4.69) is 0 Å². The fourth-order valence-corrected chi connectivity index (χ4v) is 6.53. The van der Waals surface area contributed by atoms with E-state index in [4.69, 9.17) is 9.47 Å². The van der Waals surface area contributed by atoms with Gasteiger partial charge in [0.05, 0.1) is 18.1 Å². The van der Waals surface area contributed by atoms with Crippen molar-refractivity contribution in [1.29, 1.82) is 0 Å². The van der Waals surface area contributed by atoms with Crippen LogP contribution in [0.3, 0.4) is 0 Å². The average Bonchev–Trinajstić information content (AvgIpc) is 3.05. The summed E-state index contributed by atoms with van der Waals surface area (Å²) < 4.78 is 11.7. The molecule has 40 heavy (non-hydrogen) atoms. The number of esters is 1. The van der Waals surface area contributed by atoms with Crippen molar-refractivity contribution >= 4 is 17.5 Å². The van der Waals surface area contributed by atoms with Crippen LogP contribution in [0.2, 0.25) is 0 Å². The van der Waals surface area contributed by atoms with Crippen molar-refractivity contribution in [2.45, 2.75) is 131 Å². The van der Waals surface area contributed by atoms with Gasteiger partial charge in [-0.3, -0.25) is 14.4 Å². The molecule has 2 aliphatic rings. The highest BCUT2D eigenvalue weighted by Gasteiger charge is 2.60. The van der Waals surface area contributed by atoms with Crippen molar-refractivity contribution in [3.8, 4) is 0 Å². The predicted octanol–water partition coefficient (Wildman–Crippen LogP) is 4.68. The van der Waals surface area contributed by atoms with Crippen LogP contribution in [0, 0.1) is 29.6 Å². The molecule has 228 valence electrons. The summed E-state index contributed by atoms with van der Waals surface area (Å²) in [6, 6.07) is 0. The maximum absolute atomic E-state index is 13.1. The molecule has 0 spiro atoms. The first-order chi connectivity index (χ1) is 18.5. The zero-order chi connectivity index (χ0) is 30.6.